The third-order valence-corrected chi connectivity index (χ3v) is 4.79. The Morgan fingerprint density at radius 3 is 2.92 bits per heavy atom. The van der Waals surface area contributed by atoms with Crippen molar-refractivity contribution in [1.82, 2.24) is 20.5 Å². The lowest BCUT2D eigenvalue weighted by Crippen LogP contribution is -2.55. The third kappa shape index (κ3) is 3.62. The van der Waals surface area contributed by atoms with E-state index in [1.165, 1.54) is 24.6 Å². The van der Waals surface area contributed by atoms with Gasteiger partial charge < -0.3 is 20.1 Å². The topological polar surface area (TPSA) is 100 Å². The Morgan fingerprint density at radius 2 is 2.29 bits per heavy atom. The summed E-state index contributed by atoms with van der Waals surface area (Å²) in [6, 6.07) is 2.89. The monoisotopic (exact) mass is 349 g/mol. The van der Waals surface area contributed by atoms with Crippen LogP contribution in [0.4, 0.5) is 5.13 Å². The van der Waals surface area contributed by atoms with Gasteiger partial charge in [-0.2, -0.15) is 0 Å². The van der Waals surface area contributed by atoms with E-state index < -0.39 is 6.10 Å². The zero-order valence-corrected chi connectivity index (χ0v) is 14.3. The zero-order valence-electron chi connectivity index (χ0n) is 13.5. The van der Waals surface area contributed by atoms with Crippen LogP contribution in [-0.4, -0.2) is 58.5 Å². The van der Waals surface area contributed by atoms with E-state index in [1.54, 1.807) is 12.1 Å². The van der Waals surface area contributed by atoms with E-state index in [-0.39, 0.29) is 11.9 Å². The number of aryl methyl sites for hydroxylation is 1. The standard InChI is InChI=1S/C15H19N5O3S/c1-9-18-19-15(24-9)20-6-5-12(21)11(8-20)17-14(22)10-3-4-13(23-2)16-7-10/h3-4,7,11-12,21H,5-6,8H2,1-2H3,(H,17,22)/t11-,12-/m1/s1. The molecule has 1 fully saturated rings. The first-order valence-corrected chi connectivity index (χ1v) is 8.42. The normalized spacial score (nSPS) is 20.7. The van der Waals surface area contributed by atoms with Crippen LogP contribution in [0, 0.1) is 6.92 Å². The summed E-state index contributed by atoms with van der Waals surface area (Å²) in [6.45, 7) is 3.08. The Morgan fingerprint density at radius 1 is 1.46 bits per heavy atom. The van der Waals surface area contributed by atoms with E-state index in [9.17, 15) is 9.90 Å². The second-order valence-electron chi connectivity index (χ2n) is 5.57. The lowest BCUT2D eigenvalue weighted by atomic mass is 10.0. The summed E-state index contributed by atoms with van der Waals surface area (Å²) in [7, 11) is 1.52. The summed E-state index contributed by atoms with van der Waals surface area (Å²) in [5.74, 6) is 0.173. The number of hydrogen-bond acceptors (Lipinski definition) is 8. The number of nitrogens with zero attached hydrogens (tertiary/aromatic N) is 4. The van der Waals surface area contributed by atoms with Crippen molar-refractivity contribution < 1.29 is 14.6 Å². The minimum Gasteiger partial charge on any atom is -0.481 e. The first-order chi connectivity index (χ1) is 11.6. The predicted molar refractivity (Wildman–Crippen MR) is 89.5 cm³/mol. The Hall–Kier alpha value is -2.26. The number of piperidine rings is 1. The molecule has 0 aromatic carbocycles. The number of methoxy groups -OCH3 is 1. The Balaban J connectivity index is 1.66. The first kappa shape index (κ1) is 16.6. The molecule has 1 aliphatic heterocycles. The van der Waals surface area contributed by atoms with Crippen LogP contribution in [0.3, 0.4) is 0 Å². The van der Waals surface area contributed by atoms with Crippen molar-refractivity contribution in [2.75, 3.05) is 25.1 Å². The third-order valence-electron chi connectivity index (χ3n) is 3.89. The largest absolute Gasteiger partial charge is 0.481 e. The van der Waals surface area contributed by atoms with Crippen molar-refractivity contribution in [1.29, 1.82) is 0 Å². The molecule has 2 N–H and O–H groups in total. The number of carbonyl (C=O) groups excluding carboxylic acids is 1. The molecular formula is C15H19N5O3S. The van der Waals surface area contributed by atoms with E-state index in [2.05, 4.69) is 20.5 Å². The second kappa shape index (κ2) is 7.10. The highest BCUT2D eigenvalue weighted by Gasteiger charge is 2.30. The molecule has 128 valence electrons. The van der Waals surface area contributed by atoms with Gasteiger partial charge in [0.2, 0.25) is 11.0 Å². The number of aliphatic hydroxyl groups excluding tert-OH is 1. The van der Waals surface area contributed by atoms with Crippen molar-refractivity contribution in [2.24, 2.45) is 0 Å². The van der Waals surface area contributed by atoms with Gasteiger partial charge in [0.25, 0.3) is 5.91 Å². The fourth-order valence-corrected chi connectivity index (χ4v) is 3.28. The van der Waals surface area contributed by atoms with Crippen LogP contribution in [0.1, 0.15) is 21.8 Å². The summed E-state index contributed by atoms with van der Waals surface area (Å²) >= 11 is 1.50. The molecule has 0 radical (unpaired) electrons. The SMILES string of the molecule is COc1ccc(C(=O)N[C@@H]2CN(c3nnc(C)s3)CC[C@H]2O)cn1. The fraction of sp³-hybridized carbons (Fsp3) is 0.467. The number of aromatic nitrogens is 3. The number of anilines is 1. The van der Waals surface area contributed by atoms with Crippen molar-refractivity contribution in [3.8, 4) is 5.88 Å². The van der Waals surface area contributed by atoms with Gasteiger partial charge in [0.1, 0.15) is 5.01 Å². The highest BCUT2D eigenvalue weighted by molar-refractivity contribution is 7.15. The number of carbonyl (C=O) groups is 1. The summed E-state index contributed by atoms with van der Waals surface area (Å²) in [5, 5.41) is 22.9. The molecule has 8 nitrogen and oxygen atoms in total. The van der Waals surface area contributed by atoms with Crippen LogP contribution < -0.4 is 15.0 Å². The highest BCUT2D eigenvalue weighted by Crippen LogP contribution is 2.23. The first-order valence-electron chi connectivity index (χ1n) is 7.61. The summed E-state index contributed by atoms with van der Waals surface area (Å²) in [4.78, 5) is 18.4. The minimum absolute atomic E-state index is 0.274. The molecule has 2 atom stereocenters. The maximum Gasteiger partial charge on any atom is 0.253 e. The molecule has 0 saturated carbocycles. The molecular weight excluding hydrogens is 330 g/mol. The van der Waals surface area contributed by atoms with E-state index in [1.807, 2.05) is 11.8 Å². The highest BCUT2D eigenvalue weighted by atomic mass is 32.1. The molecule has 3 heterocycles. The number of pyridine rings is 1. The van der Waals surface area contributed by atoms with Crippen LogP contribution in [0.15, 0.2) is 18.3 Å². The van der Waals surface area contributed by atoms with Crippen molar-refractivity contribution in [3.63, 3.8) is 0 Å². The van der Waals surface area contributed by atoms with E-state index >= 15 is 0 Å². The molecule has 3 rings (SSSR count). The molecule has 0 bridgehead atoms. The van der Waals surface area contributed by atoms with Crippen LogP contribution in [-0.2, 0) is 0 Å². The van der Waals surface area contributed by atoms with Gasteiger partial charge in [-0.1, -0.05) is 11.3 Å². The average molecular weight is 349 g/mol. The summed E-state index contributed by atoms with van der Waals surface area (Å²) in [6.07, 6.45) is 1.42. The molecule has 2 aromatic rings. The molecule has 2 aromatic heterocycles. The maximum atomic E-state index is 12.4. The fourth-order valence-electron chi connectivity index (χ4n) is 2.56. The van der Waals surface area contributed by atoms with Crippen LogP contribution in [0.5, 0.6) is 5.88 Å². The van der Waals surface area contributed by atoms with Crippen LogP contribution in [0.25, 0.3) is 0 Å². The van der Waals surface area contributed by atoms with Crippen molar-refractivity contribution in [2.45, 2.75) is 25.5 Å². The molecule has 0 spiro atoms. The Labute approximate surface area is 143 Å². The van der Waals surface area contributed by atoms with Gasteiger partial charge >= 0.3 is 0 Å². The zero-order chi connectivity index (χ0) is 17.1. The van der Waals surface area contributed by atoms with Gasteiger partial charge in [-0.05, 0) is 19.4 Å². The molecule has 0 unspecified atom stereocenters. The van der Waals surface area contributed by atoms with Crippen LogP contribution in [0.2, 0.25) is 0 Å². The van der Waals surface area contributed by atoms with E-state index in [4.69, 9.17) is 4.74 Å². The molecule has 9 heteroatoms. The van der Waals surface area contributed by atoms with E-state index in [0.29, 0.717) is 31.0 Å². The van der Waals surface area contributed by atoms with Gasteiger partial charge in [0.05, 0.1) is 24.8 Å². The molecule has 1 saturated heterocycles. The predicted octanol–water partition coefficient (Wildman–Crippen LogP) is 0.620. The van der Waals surface area contributed by atoms with Gasteiger partial charge in [0, 0.05) is 25.4 Å². The quantitative estimate of drug-likeness (QED) is 0.834. The number of rotatable bonds is 4. The lowest BCUT2D eigenvalue weighted by Gasteiger charge is -2.36. The van der Waals surface area contributed by atoms with Crippen LogP contribution >= 0.6 is 11.3 Å². The number of ether oxygens (including phenoxy) is 1. The lowest BCUT2D eigenvalue weighted by molar-refractivity contribution is 0.0785. The van der Waals surface area contributed by atoms with Gasteiger partial charge in [-0.25, -0.2) is 4.98 Å². The maximum absolute atomic E-state index is 12.4. The van der Waals surface area contributed by atoms with Gasteiger partial charge in [-0.15, -0.1) is 10.2 Å². The Kier molecular flexibility index (Phi) is 4.91. The van der Waals surface area contributed by atoms with Gasteiger partial charge in [-0.3, -0.25) is 4.79 Å². The molecule has 0 aliphatic carbocycles. The molecule has 1 aliphatic rings. The summed E-state index contributed by atoms with van der Waals surface area (Å²) in [5.41, 5.74) is 0.423. The second-order valence-corrected chi connectivity index (χ2v) is 6.73. The number of amides is 1. The number of nitrogens with one attached hydrogen (secondary N) is 1. The van der Waals surface area contributed by atoms with Crippen molar-refractivity contribution >= 4 is 22.4 Å². The van der Waals surface area contributed by atoms with Gasteiger partial charge in [0.15, 0.2) is 0 Å². The smallest absolute Gasteiger partial charge is 0.253 e. The number of aliphatic hydroxyl groups is 1. The Bertz CT molecular complexity index is 705. The van der Waals surface area contributed by atoms with E-state index in [0.717, 1.165) is 10.1 Å². The summed E-state index contributed by atoms with van der Waals surface area (Å²) < 4.78 is 4.98. The average Bonchev–Trinajstić information content (AvgIpc) is 3.03. The number of hydrogen-bond donors (Lipinski definition) is 2. The van der Waals surface area contributed by atoms with Crippen molar-refractivity contribution in [3.05, 3.63) is 28.9 Å². The minimum atomic E-state index is -0.592. The molecule has 1 amide bonds. The molecule has 24 heavy (non-hydrogen) atoms.